The lowest BCUT2D eigenvalue weighted by Crippen LogP contribution is -2.31. The number of aromatic nitrogens is 1. The summed E-state index contributed by atoms with van der Waals surface area (Å²) in [4.78, 5) is 17.8. The molecule has 1 amide bonds. The topological polar surface area (TPSA) is 68.5 Å². The molecule has 0 radical (unpaired) electrons. The van der Waals surface area contributed by atoms with E-state index < -0.39 is 0 Å². The highest BCUT2D eigenvalue weighted by Crippen LogP contribution is 2.11. The number of amides is 1. The van der Waals surface area contributed by atoms with E-state index in [0.29, 0.717) is 36.7 Å². The van der Waals surface area contributed by atoms with Gasteiger partial charge < -0.3 is 15.4 Å². The summed E-state index contributed by atoms with van der Waals surface area (Å²) in [5, 5.41) is 0. The first-order valence-corrected chi connectivity index (χ1v) is 5.61. The average Bonchev–Trinajstić information content (AvgIpc) is 2.31. The normalized spacial score (nSPS) is 10.3. The van der Waals surface area contributed by atoms with Crippen molar-refractivity contribution in [1.29, 1.82) is 0 Å². The van der Waals surface area contributed by atoms with Gasteiger partial charge in [-0.25, -0.2) is 0 Å². The maximum Gasteiger partial charge on any atom is 0.255 e. The minimum absolute atomic E-state index is 0.0815. The lowest BCUT2D eigenvalue weighted by atomic mass is 10.1. The highest BCUT2D eigenvalue weighted by atomic mass is 16.5. The molecule has 2 N–H and O–H groups in total. The van der Waals surface area contributed by atoms with Crippen LogP contribution >= 0.6 is 0 Å². The van der Waals surface area contributed by atoms with Crippen LogP contribution in [0.25, 0.3) is 0 Å². The summed E-state index contributed by atoms with van der Waals surface area (Å²) in [7, 11) is 1.74. The summed E-state index contributed by atoms with van der Waals surface area (Å²) >= 11 is 0. The number of aryl methyl sites for hydroxylation is 1. The van der Waals surface area contributed by atoms with Crippen molar-refractivity contribution in [2.45, 2.75) is 13.8 Å². The predicted octanol–water partition coefficient (Wildman–Crippen LogP) is 1.08. The van der Waals surface area contributed by atoms with Crippen molar-refractivity contribution in [1.82, 2.24) is 9.88 Å². The van der Waals surface area contributed by atoms with Gasteiger partial charge in [-0.1, -0.05) is 0 Å². The summed E-state index contributed by atoms with van der Waals surface area (Å²) in [5.41, 5.74) is 7.36. The van der Waals surface area contributed by atoms with Crippen LogP contribution in [0.15, 0.2) is 12.3 Å². The van der Waals surface area contributed by atoms with Crippen molar-refractivity contribution in [3.8, 4) is 0 Å². The number of hydrogen-bond donors (Lipinski definition) is 1. The number of nitrogen functional groups attached to an aromatic ring is 1. The number of likely N-dealkylation sites (N-methyl/N-ethyl adjacent to an activating group) is 1. The number of nitrogens with zero attached hydrogens (tertiary/aromatic N) is 2. The molecule has 1 heterocycles. The largest absolute Gasteiger partial charge is 0.397 e. The predicted molar refractivity (Wildman–Crippen MR) is 66.8 cm³/mol. The Hall–Kier alpha value is -1.62. The van der Waals surface area contributed by atoms with Crippen molar-refractivity contribution in [2.75, 3.05) is 32.5 Å². The number of rotatable bonds is 5. The Morgan fingerprint density at radius 2 is 2.29 bits per heavy atom. The van der Waals surface area contributed by atoms with Gasteiger partial charge in [0.25, 0.3) is 5.91 Å². The van der Waals surface area contributed by atoms with Crippen molar-refractivity contribution >= 4 is 11.6 Å². The first-order valence-electron chi connectivity index (χ1n) is 5.61. The highest BCUT2D eigenvalue weighted by Gasteiger charge is 2.14. The Morgan fingerprint density at radius 1 is 1.59 bits per heavy atom. The second-order valence-corrected chi connectivity index (χ2v) is 3.83. The van der Waals surface area contributed by atoms with Gasteiger partial charge in [0, 0.05) is 20.2 Å². The van der Waals surface area contributed by atoms with Crippen LogP contribution < -0.4 is 5.73 Å². The van der Waals surface area contributed by atoms with Gasteiger partial charge in [0.15, 0.2) is 0 Å². The molecule has 5 nitrogen and oxygen atoms in total. The quantitative estimate of drug-likeness (QED) is 0.778. The maximum absolute atomic E-state index is 12.1. The Kier molecular flexibility index (Phi) is 4.90. The Labute approximate surface area is 102 Å². The van der Waals surface area contributed by atoms with E-state index in [4.69, 9.17) is 10.5 Å². The van der Waals surface area contributed by atoms with Crippen molar-refractivity contribution in [3.05, 3.63) is 23.5 Å². The number of ether oxygens (including phenoxy) is 1. The first kappa shape index (κ1) is 13.4. The van der Waals surface area contributed by atoms with Crippen LogP contribution in [0.3, 0.4) is 0 Å². The molecule has 0 unspecified atom stereocenters. The molecule has 0 spiro atoms. The zero-order chi connectivity index (χ0) is 12.8. The first-order chi connectivity index (χ1) is 8.06. The fourth-order valence-electron chi connectivity index (χ4n) is 1.42. The summed E-state index contributed by atoms with van der Waals surface area (Å²) < 4.78 is 5.21. The van der Waals surface area contributed by atoms with E-state index in [1.54, 1.807) is 31.1 Å². The lowest BCUT2D eigenvalue weighted by molar-refractivity contribution is 0.0709. The van der Waals surface area contributed by atoms with Crippen molar-refractivity contribution in [3.63, 3.8) is 0 Å². The summed E-state index contributed by atoms with van der Waals surface area (Å²) in [6.45, 7) is 5.46. The Balaban J connectivity index is 2.71. The third-order valence-corrected chi connectivity index (χ3v) is 2.46. The number of pyridine rings is 1. The van der Waals surface area contributed by atoms with Crippen LogP contribution in [0.2, 0.25) is 0 Å². The van der Waals surface area contributed by atoms with Crippen LogP contribution in [-0.2, 0) is 4.74 Å². The summed E-state index contributed by atoms with van der Waals surface area (Å²) in [5.74, 6) is -0.0815. The third kappa shape index (κ3) is 3.71. The molecule has 0 aromatic carbocycles. The molecule has 0 bridgehead atoms. The van der Waals surface area contributed by atoms with Gasteiger partial charge in [-0.2, -0.15) is 0 Å². The molecule has 0 fully saturated rings. The fourth-order valence-corrected chi connectivity index (χ4v) is 1.42. The molecule has 17 heavy (non-hydrogen) atoms. The van der Waals surface area contributed by atoms with E-state index >= 15 is 0 Å². The van der Waals surface area contributed by atoms with E-state index in [1.807, 2.05) is 6.92 Å². The molecule has 94 valence electrons. The summed E-state index contributed by atoms with van der Waals surface area (Å²) in [6.07, 6.45) is 1.55. The van der Waals surface area contributed by atoms with Gasteiger partial charge in [-0.3, -0.25) is 9.78 Å². The minimum atomic E-state index is -0.0815. The van der Waals surface area contributed by atoms with Crippen LogP contribution in [0.5, 0.6) is 0 Å². The molecule has 0 aliphatic heterocycles. The zero-order valence-corrected chi connectivity index (χ0v) is 10.6. The van der Waals surface area contributed by atoms with Gasteiger partial charge in [0.1, 0.15) is 0 Å². The second kappa shape index (κ2) is 6.20. The Morgan fingerprint density at radius 3 is 2.94 bits per heavy atom. The molecule has 0 saturated carbocycles. The number of hydrogen-bond acceptors (Lipinski definition) is 4. The van der Waals surface area contributed by atoms with E-state index in [9.17, 15) is 4.79 Å². The maximum atomic E-state index is 12.1. The van der Waals surface area contributed by atoms with Gasteiger partial charge >= 0.3 is 0 Å². The molecule has 0 saturated heterocycles. The molecular formula is C12H19N3O2. The van der Waals surface area contributed by atoms with Gasteiger partial charge in [0.2, 0.25) is 0 Å². The fraction of sp³-hybridized carbons (Fsp3) is 0.500. The smallest absolute Gasteiger partial charge is 0.255 e. The lowest BCUT2D eigenvalue weighted by Gasteiger charge is -2.18. The molecular weight excluding hydrogens is 218 g/mol. The molecule has 0 atom stereocenters. The number of nitrogens with two attached hydrogens (primary N) is 1. The van der Waals surface area contributed by atoms with Crippen molar-refractivity contribution < 1.29 is 9.53 Å². The second-order valence-electron chi connectivity index (χ2n) is 3.83. The standard InChI is InChI=1S/C12H19N3O2/c1-4-17-6-5-15(3)12(16)11-7-10(13)8-14-9(11)2/h7-8H,4-6,13H2,1-3H3. The van der Waals surface area contributed by atoms with Gasteiger partial charge in [-0.15, -0.1) is 0 Å². The van der Waals surface area contributed by atoms with Crippen LogP contribution in [0, 0.1) is 6.92 Å². The highest BCUT2D eigenvalue weighted by molar-refractivity contribution is 5.95. The van der Waals surface area contributed by atoms with Gasteiger partial charge in [-0.05, 0) is 19.9 Å². The number of anilines is 1. The minimum Gasteiger partial charge on any atom is -0.397 e. The zero-order valence-electron chi connectivity index (χ0n) is 10.6. The summed E-state index contributed by atoms with van der Waals surface area (Å²) in [6, 6.07) is 1.65. The van der Waals surface area contributed by atoms with E-state index in [2.05, 4.69) is 4.98 Å². The van der Waals surface area contributed by atoms with Crippen molar-refractivity contribution in [2.24, 2.45) is 0 Å². The average molecular weight is 237 g/mol. The Bertz CT molecular complexity index is 393. The van der Waals surface area contributed by atoms with E-state index in [-0.39, 0.29) is 5.91 Å². The number of carbonyl (C=O) groups is 1. The van der Waals surface area contributed by atoms with Crippen LogP contribution in [0.4, 0.5) is 5.69 Å². The van der Waals surface area contributed by atoms with Crippen LogP contribution in [0.1, 0.15) is 23.0 Å². The molecule has 1 aromatic rings. The molecule has 1 aromatic heterocycles. The third-order valence-electron chi connectivity index (χ3n) is 2.46. The van der Waals surface area contributed by atoms with Crippen LogP contribution in [-0.4, -0.2) is 42.6 Å². The molecule has 1 rings (SSSR count). The monoisotopic (exact) mass is 237 g/mol. The molecule has 0 aliphatic carbocycles. The number of carbonyl (C=O) groups excluding carboxylic acids is 1. The van der Waals surface area contributed by atoms with Gasteiger partial charge in [0.05, 0.1) is 29.7 Å². The molecule has 0 aliphatic rings. The van der Waals surface area contributed by atoms with E-state index in [1.165, 1.54) is 0 Å². The van der Waals surface area contributed by atoms with E-state index in [0.717, 1.165) is 0 Å². The SMILES string of the molecule is CCOCCN(C)C(=O)c1cc(N)cnc1C. The molecule has 5 heteroatoms.